The Kier molecular flexibility index (Phi) is 2.17. The maximum absolute atomic E-state index is 12.5. The maximum atomic E-state index is 12.5. The van der Waals surface area contributed by atoms with Crippen LogP contribution in [0.1, 0.15) is 5.56 Å². The van der Waals surface area contributed by atoms with Crippen LogP contribution in [-0.2, 0) is 0 Å². The zero-order chi connectivity index (χ0) is 8.39. The van der Waals surface area contributed by atoms with Crippen molar-refractivity contribution >= 4 is 11.8 Å². The standard InChI is InChI=1S/C10H8FS/c11-9-5-3-8(4-6-9)10-2-1-7-12-10/h1-6H,7H2. The van der Waals surface area contributed by atoms with Crippen LogP contribution < -0.4 is 0 Å². The first-order valence-electron chi connectivity index (χ1n) is 3.78. The predicted octanol–water partition coefficient (Wildman–Crippen LogP) is 3.01. The van der Waals surface area contributed by atoms with Gasteiger partial charge in [-0.2, -0.15) is 0 Å². The Balaban J connectivity index is 2.23. The number of hydrogen-bond donors (Lipinski definition) is 0. The summed E-state index contributed by atoms with van der Waals surface area (Å²) in [6.07, 6.45) is 4.20. The van der Waals surface area contributed by atoms with Crippen LogP contribution in [0.4, 0.5) is 4.39 Å². The second kappa shape index (κ2) is 3.31. The minimum absolute atomic E-state index is 0.175. The van der Waals surface area contributed by atoms with E-state index in [-0.39, 0.29) is 5.82 Å². The Morgan fingerprint density at radius 3 is 2.50 bits per heavy atom. The van der Waals surface area contributed by atoms with E-state index >= 15 is 0 Å². The third-order valence-corrected chi connectivity index (χ3v) is 2.77. The molecule has 2 heteroatoms. The molecule has 1 heterocycles. The lowest BCUT2D eigenvalue weighted by atomic mass is 10.1. The van der Waals surface area contributed by atoms with Crippen LogP contribution >= 0.6 is 11.8 Å². The van der Waals surface area contributed by atoms with E-state index in [0.29, 0.717) is 0 Å². The quantitative estimate of drug-likeness (QED) is 0.638. The minimum atomic E-state index is -0.175. The van der Waals surface area contributed by atoms with E-state index in [9.17, 15) is 4.39 Å². The summed E-state index contributed by atoms with van der Waals surface area (Å²) in [4.78, 5) is 0. The molecule has 0 saturated heterocycles. The molecule has 61 valence electrons. The second-order valence-electron chi connectivity index (χ2n) is 2.58. The van der Waals surface area contributed by atoms with E-state index in [4.69, 9.17) is 0 Å². The fourth-order valence-corrected chi connectivity index (χ4v) is 2.00. The normalized spacial score (nSPS) is 17.1. The summed E-state index contributed by atoms with van der Waals surface area (Å²) in [5.74, 6) is 0.860. The molecule has 0 nitrogen and oxygen atoms in total. The molecule has 1 radical (unpaired) electrons. The predicted molar refractivity (Wildman–Crippen MR) is 50.3 cm³/mol. The fourth-order valence-electron chi connectivity index (χ4n) is 1.13. The lowest BCUT2D eigenvalue weighted by Crippen LogP contribution is -1.87. The van der Waals surface area contributed by atoms with Gasteiger partial charge in [0.2, 0.25) is 0 Å². The van der Waals surface area contributed by atoms with Crippen LogP contribution in [-0.4, -0.2) is 5.75 Å². The van der Waals surface area contributed by atoms with Gasteiger partial charge in [-0.3, -0.25) is 0 Å². The average Bonchev–Trinajstić information content (AvgIpc) is 2.58. The summed E-state index contributed by atoms with van der Waals surface area (Å²) in [6.45, 7) is 0. The molecule has 1 aromatic rings. The van der Waals surface area contributed by atoms with E-state index in [1.165, 1.54) is 17.4 Å². The number of thioether (sulfide) groups is 1. The molecular formula is C10H8FS. The fraction of sp³-hybridized carbons (Fsp3) is 0.100. The summed E-state index contributed by atoms with van der Waals surface area (Å²) in [5.41, 5.74) is 1.11. The van der Waals surface area contributed by atoms with Gasteiger partial charge in [-0.1, -0.05) is 24.3 Å². The van der Waals surface area contributed by atoms with E-state index in [0.717, 1.165) is 11.3 Å². The molecular weight excluding hydrogens is 171 g/mol. The van der Waals surface area contributed by atoms with Crippen molar-refractivity contribution in [1.82, 2.24) is 0 Å². The highest BCUT2D eigenvalue weighted by Gasteiger charge is 2.12. The molecule has 1 aliphatic rings. The van der Waals surface area contributed by atoms with Crippen LogP contribution in [0, 0.1) is 11.1 Å². The van der Waals surface area contributed by atoms with Gasteiger partial charge in [0.05, 0.1) is 5.25 Å². The monoisotopic (exact) mass is 179 g/mol. The Bertz CT molecular complexity index is 289. The van der Waals surface area contributed by atoms with E-state index < -0.39 is 0 Å². The number of rotatable bonds is 1. The highest BCUT2D eigenvalue weighted by Crippen LogP contribution is 2.33. The van der Waals surface area contributed by atoms with Crippen LogP contribution in [0.2, 0.25) is 0 Å². The molecule has 1 aromatic carbocycles. The Hall–Kier alpha value is -0.760. The van der Waals surface area contributed by atoms with Crippen LogP contribution in [0.5, 0.6) is 0 Å². The second-order valence-corrected chi connectivity index (χ2v) is 3.65. The van der Waals surface area contributed by atoms with Crippen molar-refractivity contribution in [2.75, 3.05) is 5.75 Å². The summed E-state index contributed by atoms with van der Waals surface area (Å²) in [5, 5.41) is 1.23. The number of benzene rings is 1. The molecule has 0 aromatic heterocycles. The third kappa shape index (κ3) is 1.53. The van der Waals surface area contributed by atoms with Gasteiger partial charge in [-0.05, 0) is 17.7 Å². The molecule has 0 aliphatic carbocycles. The summed E-state index contributed by atoms with van der Waals surface area (Å²) in [7, 11) is 0. The van der Waals surface area contributed by atoms with E-state index in [2.05, 4.69) is 12.2 Å². The van der Waals surface area contributed by atoms with Gasteiger partial charge >= 0.3 is 0 Å². The molecule has 0 amide bonds. The maximum Gasteiger partial charge on any atom is 0.123 e. The Labute approximate surface area is 75.5 Å². The Morgan fingerprint density at radius 2 is 1.92 bits per heavy atom. The van der Waals surface area contributed by atoms with Gasteiger partial charge in [-0.25, -0.2) is 4.39 Å². The van der Waals surface area contributed by atoms with Crippen LogP contribution in [0.15, 0.2) is 36.4 Å². The van der Waals surface area contributed by atoms with Crippen molar-refractivity contribution in [1.29, 1.82) is 0 Å². The smallest absolute Gasteiger partial charge is 0.123 e. The first-order valence-corrected chi connectivity index (χ1v) is 4.77. The van der Waals surface area contributed by atoms with Crippen molar-refractivity contribution in [3.05, 3.63) is 53.0 Å². The molecule has 0 atom stereocenters. The molecule has 0 unspecified atom stereocenters. The van der Waals surface area contributed by atoms with Crippen molar-refractivity contribution in [3.8, 4) is 0 Å². The third-order valence-electron chi connectivity index (χ3n) is 1.73. The van der Waals surface area contributed by atoms with Gasteiger partial charge in [0, 0.05) is 5.75 Å². The van der Waals surface area contributed by atoms with Gasteiger partial charge in [0.1, 0.15) is 5.82 Å². The van der Waals surface area contributed by atoms with Crippen molar-refractivity contribution in [2.24, 2.45) is 0 Å². The molecule has 0 N–H and O–H groups in total. The number of hydrogen-bond acceptors (Lipinski definition) is 1. The molecule has 0 bridgehead atoms. The van der Waals surface area contributed by atoms with Gasteiger partial charge < -0.3 is 0 Å². The van der Waals surface area contributed by atoms with E-state index in [1.807, 2.05) is 12.1 Å². The summed E-state index contributed by atoms with van der Waals surface area (Å²) >= 11 is 1.78. The van der Waals surface area contributed by atoms with Crippen molar-refractivity contribution < 1.29 is 4.39 Å². The SMILES string of the molecule is Fc1ccc([C]2C=CCS2)cc1. The number of halogens is 1. The topological polar surface area (TPSA) is 0 Å². The minimum Gasteiger partial charge on any atom is -0.207 e. The lowest BCUT2D eigenvalue weighted by molar-refractivity contribution is 0.627. The van der Waals surface area contributed by atoms with Crippen LogP contribution in [0.3, 0.4) is 0 Å². The Morgan fingerprint density at radius 1 is 1.17 bits per heavy atom. The molecule has 0 saturated carbocycles. The zero-order valence-electron chi connectivity index (χ0n) is 6.46. The van der Waals surface area contributed by atoms with Gasteiger partial charge in [0.25, 0.3) is 0 Å². The summed E-state index contributed by atoms with van der Waals surface area (Å²) < 4.78 is 12.5. The van der Waals surface area contributed by atoms with Gasteiger partial charge in [-0.15, -0.1) is 11.8 Å². The molecule has 1 aliphatic heterocycles. The average molecular weight is 179 g/mol. The highest BCUT2D eigenvalue weighted by atomic mass is 32.2. The highest BCUT2D eigenvalue weighted by molar-refractivity contribution is 8.02. The molecule has 0 fully saturated rings. The lowest BCUT2D eigenvalue weighted by Gasteiger charge is -2.04. The summed E-state index contributed by atoms with van der Waals surface area (Å²) in [6, 6.07) is 6.62. The first kappa shape index (κ1) is 7.87. The molecule has 2 rings (SSSR count). The molecule has 0 spiro atoms. The van der Waals surface area contributed by atoms with Gasteiger partial charge in [0.15, 0.2) is 0 Å². The van der Waals surface area contributed by atoms with Crippen LogP contribution in [0.25, 0.3) is 0 Å². The van der Waals surface area contributed by atoms with Crippen molar-refractivity contribution in [3.63, 3.8) is 0 Å². The first-order chi connectivity index (χ1) is 5.86. The zero-order valence-corrected chi connectivity index (χ0v) is 7.27. The largest absolute Gasteiger partial charge is 0.207 e. The van der Waals surface area contributed by atoms with E-state index in [1.54, 1.807) is 11.8 Å². The molecule has 12 heavy (non-hydrogen) atoms. The van der Waals surface area contributed by atoms with Crippen molar-refractivity contribution in [2.45, 2.75) is 0 Å².